The third-order valence-electron chi connectivity index (χ3n) is 6.47. The zero-order valence-electron chi connectivity index (χ0n) is 17.8. The molecule has 1 aromatic carbocycles. The lowest BCUT2D eigenvalue weighted by molar-refractivity contribution is -0.131. The van der Waals surface area contributed by atoms with Crippen molar-refractivity contribution in [1.82, 2.24) is 4.98 Å². The molecule has 0 radical (unpaired) electrons. The van der Waals surface area contributed by atoms with E-state index in [-0.39, 0.29) is 35.3 Å². The van der Waals surface area contributed by atoms with Gasteiger partial charge in [0.15, 0.2) is 22.5 Å². The van der Waals surface area contributed by atoms with Gasteiger partial charge >= 0.3 is 0 Å². The second-order valence-corrected chi connectivity index (χ2v) is 9.59. The van der Waals surface area contributed by atoms with E-state index in [1.54, 1.807) is 11.8 Å². The van der Waals surface area contributed by atoms with Crippen molar-refractivity contribution < 1.29 is 19.1 Å². The van der Waals surface area contributed by atoms with Crippen LogP contribution in [-0.4, -0.2) is 28.6 Å². The summed E-state index contributed by atoms with van der Waals surface area (Å²) in [6.45, 7) is 5.26. The maximum atomic E-state index is 13.6. The summed E-state index contributed by atoms with van der Waals surface area (Å²) in [6.07, 6.45) is 3.36. The number of fused-ring (bicyclic) bond motifs is 1. The zero-order chi connectivity index (χ0) is 21.9. The van der Waals surface area contributed by atoms with E-state index in [4.69, 9.17) is 4.74 Å². The van der Waals surface area contributed by atoms with Crippen LogP contribution in [0, 0.1) is 19.8 Å². The number of rotatable bonds is 3. The van der Waals surface area contributed by atoms with E-state index in [0.717, 1.165) is 36.8 Å². The number of anilines is 1. The third kappa shape index (κ3) is 3.14. The minimum Gasteiger partial charge on any atom is -0.483 e. The van der Waals surface area contributed by atoms with Gasteiger partial charge in [-0.2, -0.15) is 0 Å². The highest BCUT2D eigenvalue weighted by atomic mass is 32.1. The molecule has 3 heterocycles. The van der Waals surface area contributed by atoms with Crippen LogP contribution in [0.2, 0.25) is 0 Å². The Morgan fingerprint density at radius 2 is 1.84 bits per heavy atom. The summed E-state index contributed by atoms with van der Waals surface area (Å²) in [5, 5.41) is 0.423. The smallest absolute Gasteiger partial charge is 0.296 e. The van der Waals surface area contributed by atoms with Crippen LogP contribution < -0.4 is 4.90 Å². The summed E-state index contributed by atoms with van der Waals surface area (Å²) in [4.78, 5) is 45.8. The van der Waals surface area contributed by atoms with E-state index in [0.29, 0.717) is 21.3 Å². The fourth-order valence-electron chi connectivity index (χ4n) is 4.92. The number of amides is 1. The molecule has 1 aromatic heterocycles. The molecular weight excluding hydrogens is 412 g/mol. The monoisotopic (exact) mass is 436 g/mol. The van der Waals surface area contributed by atoms with Crippen molar-refractivity contribution in [3.8, 4) is 0 Å². The second-order valence-electron chi connectivity index (χ2n) is 8.61. The number of aryl methyl sites for hydroxylation is 2. The Morgan fingerprint density at radius 3 is 2.52 bits per heavy atom. The second kappa shape index (κ2) is 7.41. The number of benzene rings is 1. The normalized spacial score (nSPS) is 25.4. The van der Waals surface area contributed by atoms with Crippen LogP contribution in [0.15, 0.2) is 35.6 Å². The Hall–Kier alpha value is -2.80. The summed E-state index contributed by atoms with van der Waals surface area (Å²) in [7, 11) is 0. The molecule has 2 aromatic rings. The Balaban J connectivity index is 1.66. The molecule has 3 unspecified atom stereocenters. The first-order valence-electron chi connectivity index (χ1n) is 10.7. The quantitative estimate of drug-likeness (QED) is 0.664. The molecule has 1 aliphatic carbocycles. The number of hydrogen-bond donors (Lipinski definition) is 0. The van der Waals surface area contributed by atoms with Crippen LogP contribution in [-0.2, 0) is 14.3 Å². The summed E-state index contributed by atoms with van der Waals surface area (Å²) in [6, 6.07) is 7.25. The summed E-state index contributed by atoms with van der Waals surface area (Å²) in [5.41, 5.74) is 2.96. The van der Waals surface area contributed by atoms with Gasteiger partial charge in [0.1, 0.15) is 6.10 Å². The standard InChI is InChI=1S/C24H24N2O4S/c1-12-8-10-15(11-9-12)19-18-20(28)16-6-4-5-7-17(16)30-21(18)23(29)26(19)24-25-13(2)22(31-24)14(3)27/h8-11,16-17,19H,4-7H2,1-3H3. The van der Waals surface area contributed by atoms with Crippen molar-refractivity contribution >= 4 is 33.9 Å². The lowest BCUT2D eigenvalue weighted by Gasteiger charge is -2.35. The third-order valence-corrected chi connectivity index (χ3v) is 7.73. The lowest BCUT2D eigenvalue weighted by atomic mass is 9.77. The Labute approximate surface area is 184 Å². The highest BCUT2D eigenvalue weighted by molar-refractivity contribution is 7.17. The van der Waals surface area contributed by atoms with Crippen LogP contribution in [0.3, 0.4) is 0 Å². The van der Waals surface area contributed by atoms with Crippen molar-refractivity contribution in [2.45, 2.75) is 58.6 Å². The van der Waals surface area contributed by atoms with Gasteiger partial charge in [0.25, 0.3) is 5.91 Å². The molecule has 160 valence electrons. The van der Waals surface area contributed by atoms with E-state index >= 15 is 0 Å². The van der Waals surface area contributed by atoms with Gasteiger partial charge in [-0.1, -0.05) is 47.6 Å². The predicted octanol–water partition coefficient (Wildman–Crippen LogP) is 4.46. The molecule has 2 aliphatic heterocycles. The topological polar surface area (TPSA) is 76.6 Å². The number of carbonyl (C=O) groups excluding carboxylic acids is 3. The van der Waals surface area contributed by atoms with Crippen LogP contribution in [0.5, 0.6) is 0 Å². The number of carbonyl (C=O) groups is 3. The largest absolute Gasteiger partial charge is 0.483 e. The van der Waals surface area contributed by atoms with E-state index in [9.17, 15) is 14.4 Å². The van der Waals surface area contributed by atoms with Gasteiger partial charge in [-0.25, -0.2) is 4.98 Å². The maximum Gasteiger partial charge on any atom is 0.296 e. The van der Waals surface area contributed by atoms with Crippen molar-refractivity contribution in [2.24, 2.45) is 5.92 Å². The SMILES string of the molecule is CC(=O)c1sc(N2C(=O)C3=C(C(=O)C4CCCCC4O3)C2c2ccc(C)cc2)nc1C. The van der Waals surface area contributed by atoms with Crippen molar-refractivity contribution in [1.29, 1.82) is 0 Å². The Morgan fingerprint density at radius 1 is 1.13 bits per heavy atom. The fourth-order valence-corrected chi connectivity index (χ4v) is 5.91. The molecule has 1 saturated carbocycles. The van der Waals surface area contributed by atoms with Crippen molar-refractivity contribution in [2.75, 3.05) is 4.90 Å². The number of nitrogens with zero attached hydrogens (tertiary/aromatic N) is 2. The Bertz CT molecular complexity index is 1130. The van der Waals surface area contributed by atoms with Crippen LogP contribution >= 0.6 is 11.3 Å². The number of Topliss-reactive ketones (excluding diaryl/α,β-unsaturated/α-hetero) is 2. The van der Waals surface area contributed by atoms with Crippen LogP contribution in [0.25, 0.3) is 0 Å². The molecule has 31 heavy (non-hydrogen) atoms. The molecule has 3 atom stereocenters. The van der Waals surface area contributed by atoms with Gasteiger partial charge in [0, 0.05) is 6.92 Å². The lowest BCUT2D eigenvalue weighted by Crippen LogP contribution is -2.39. The zero-order valence-corrected chi connectivity index (χ0v) is 18.6. The number of ketones is 2. The first-order valence-corrected chi connectivity index (χ1v) is 11.5. The fraction of sp³-hybridized carbons (Fsp3) is 0.417. The number of aromatic nitrogens is 1. The number of ether oxygens (including phenoxy) is 1. The summed E-state index contributed by atoms with van der Waals surface area (Å²) < 4.78 is 6.19. The molecule has 7 heteroatoms. The molecule has 0 spiro atoms. The van der Waals surface area contributed by atoms with Gasteiger partial charge in [-0.3, -0.25) is 19.3 Å². The highest BCUT2D eigenvalue weighted by Crippen LogP contribution is 2.49. The number of thiazole rings is 1. The molecule has 6 nitrogen and oxygen atoms in total. The van der Waals surface area contributed by atoms with Gasteiger partial charge < -0.3 is 4.74 Å². The predicted molar refractivity (Wildman–Crippen MR) is 117 cm³/mol. The van der Waals surface area contributed by atoms with Gasteiger partial charge in [-0.05, 0) is 38.7 Å². The minimum absolute atomic E-state index is 0.0208. The maximum absolute atomic E-state index is 13.6. The van der Waals surface area contributed by atoms with Gasteiger partial charge in [-0.15, -0.1) is 0 Å². The molecule has 0 N–H and O–H groups in total. The van der Waals surface area contributed by atoms with E-state index in [2.05, 4.69) is 4.98 Å². The average Bonchev–Trinajstić information content (AvgIpc) is 3.27. The summed E-state index contributed by atoms with van der Waals surface area (Å²) >= 11 is 1.19. The van der Waals surface area contributed by atoms with Crippen molar-refractivity contribution in [3.05, 3.63) is 57.3 Å². The van der Waals surface area contributed by atoms with Crippen LogP contribution in [0.1, 0.15) is 65.1 Å². The average molecular weight is 437 g/mol. The van der Waals surface area contributed by atoms with Gasteiger partial charge in [0.2, 0.25) is 0 Å². The van der Waals surface area contributed by atoms with Gasteiger partial charge in [0.05, 0.1) is 28.1 Å². The molecule has 1 fully saturated rings. The van der Waals surface area contributed by atoms with Crippen LogP contribution in [0.4, 0.5) is 5.13 Å². The summed E-state index contributed by atoms with van der Waals surface area (Å²) in [5.74, 6) is -0.444. The highest BCUT2D eigenvalue weighted by Gasteiger charge is 2.53. The van der Waals surface area contributed by atoms with E-state index in [1.165, 1.54) is 18.3 Å². The molecule has 5 rings (SSSR count). The minimum atomic E-state index is -0.594. The number of hydrogen-bond acceptors (Lipinski definition) is 6. The Kier molecular flexibility index (Phi) is 4.81. The first kappa shape index (κ1) is 20.1. The molecule has 3 aliphatic rings. The molecular formula is C24H24N2O4S. The molecule has 0 bridgehead atoms. The molecule has 1 amide bonds. The first-order chi connectivity index (χ1) is 14.9. The van der Waals surface area contributed by atoms with E-state index in [1.807, 2.05) is 31.2 Å². The van der Waals surface area contributed by atoms with Crippen molar-refractivity contribution in [3.63, 3.8) is 0 Å². The van der Waals surface area contributed by atoms with E-state index < -0.39 is 6.04 Å². The molecule has 0 saturated heterocycles.